The van der Waals surface area contributed by atoms with Crippen molar-refractivity contribution in [3.63, 3.8) is 0 Å². The highest BCUT2D eigenvalue weighted by Gasteiger charge is 2.27. The van der Waals surface area contributed by atoms with E-state index in [2.05, 4.69) is 21.8 Å². The van der Waals surface area contributed by atoms with E-state index in [9.17, 15) is 0 Å². The zero-order valence-corrected chi connectivity index (χ0v) is 11.5. The normalized spacial score (nSPS) is 24.1. The van der Waals surface area contributed by atoms with Gasteiger partial charge in [0.05, 0.1) is 13.3 Å². The molecule has 1 saturated heterocycles. The SMILES string of the molecule is COc1ncc(Cl)c(N2CC(CN)CCC2C)n1. The first kappa shape index (κ1) is 13.4. The molecule has 2 N–H and O–H groups in total. The van der Waals surface area contributed by atoms with E-state index in [-0.39, 0.29) is 0 Å². The number of hydrogen-bond donors (Lipinski definition) is 1. The minimum absolute atomic E-state index is 0.344. The lowest BCUT2D eigenvalue weighted by Crippen LogP contribution is -2.44. The summed E-state index contributed by atoms with van der Waals surface area (Å²) in [7, 11) is 1.55. The zero-order chi connectivity index (χ0) is 13.1. The van der Waals surface area contributed by atoms with Crippen LogP contribution in [-0.4, -0.2) is 36.2 Å². The molecule has 2 rings (SSSR count). The predicted octanol–water partition coefficient (Wildman–Crippen LogP) is 1.70. The molecule has 6 heteroatoms. The molecule has 0 amide bonds. The van der Waals surface area contributed by atoms with Crippen LogP contribution < -0.4 is 15.4 Å². The minimum Gasteiger partial charge on any atom is -0.467 e. The van der Waals surface area contributed by atoms with Crippen molar-refractivity contribution in [2.75, 3.05) is 25.1 Å². The fourth-order valence-electron chi connectivity index (χ4n) is 2.31. The molecule has 5 nitrogen and oxygen atoms in total. The van der Waals surface area contributed by atoms with Gasteiger partial charge in [-0.1, -0.05) is 11.6 Å². The van der Waals surface area contributed by atoms with E-state index in [4.69, 9.17) is 22.1 Å². The third-order valence-electron chi connectivity index (χ3n) is 3.47. The number of piperidine rings is 1. The quantitative estimate of drug-likeness (QED) is 0.906. The summed E-state index contributed by atoms with van der Waals surface area (Å²) >= 11 is 6.19. The lowest BCUT2D eigenvalue weighted by molar-refractivity contribution is 0.362. The van der Waals surface area contributed by atoms with E-state index in [0.717, 1.165) is 25.2 Å². The second kappa shape index (κ2) is 5.71. The van der Waals surface area contributed by atoms with Crippen LogP contribution in [0.4, 0.5) is 5.82 Å². The minimum atomic E-state index is 0.344. The van der Waals surface area contributed by atoms with Crippen LogP contribution in [0.1, 0.15) is 19.8 Å². The molecule has 0 spiro atoms. The van der Waals surface area contributed by atoms with E-state index in [1.165, 1.54) is 0 Å². The fourth-order valence-corrected chi connectivity index (χ4v) is 2.51. The molecule has 18 heavy (non-hydrogen) atoms. The van der Waals surface area contributed by atoms with Crippen molar-refractivity contribution in [1.82, 2.24) is 9.97 Å². The highest BCUT2D eigenvalue weighted by atomic mass is 35.5. The molecular formula is C12H19ClN4O. The number of rotatable bonds is 3. The summed E-state index contributed by atoms with van der Waals surface area (Å²) in [5, 5.41) is 0.556. The molecule has 1 fully saturated rings. The Kier molecular flexibility index (Phi) is 4.24. The molecular weight excluding hydrogens is 252 g/mol. The van der Waals surface area contributed by atoms with Gasteiger partial charge in [0.25, 0.3) is 0 Å². The van der Waals surface area contributed by atoms with E-state index >= 15 is 0 Å². The van der Waals surface area contributed by atoms with Crippen molar-refractivity contribution in [3.8, 4) is 6.01 Å². The van der Waals surface area contributed by atoms with Crippen molar-refractivity contribution >= 4 is 17.4 Å². The van der Waals surface area contributed by atoms with E-state index < -0.39 is 0 Å². The number of ether oxygens (including phenoxy) is 1. The summed E-state index contributed by atoms with van der Waals surface area (Å²) in [5.74, 6) is 1.24. The summed E-state index contributed by atoms with van der Waals surface area (Å²) in [4.78, 5) is 10.6. The van der Waals surface area contributed by atoms with Crippen molar-refractivity contribution in [3.05, 3.63) is 11.2 Å². The van der Waals surface area contributed by atoms with Gasteiger partial charge in [-0.15, -0.1) is 0 Å². The molecule has 2 heterocycles. The number of halogens is 1. The van der Waals surface area contributed by atoms with Crippen LogP contribution in [0.3, 0.4) is 0 Å². The molecule has 2 unspecified atom stereocenters. The second-order valence-electron chi connectivity index (χ2n) is 4.71. The highest BCUT2D eigenvalue weighted by molar-refractivity contribution is 6.32. The van der Waals surface area contributed by atoms with E-state index in [0.29, 0.717) is 29.5 Å². The summed E-state index contributed by atoms with van der Waals surface area (Å²) in [5.41, 5.74) is 5.77. The first-order valence-corrected chi connectivity index (χ1v) is 6.56. The first-order valence-electron chi connectivity index (χ1n) is 6.19. The van der Waals surface area contributed by atoms with Gasteiger partial charge in [-0.3, -0.25) is 0 Å². The summed E-state index contributed by atoms with van der Waals surface area (Å²) in [6.07, 6.45) is 3.85. The van der Waals surface area contributed by atoms with Gasteiger partial charge in [0.15, 0.2) is 5.82 Å². The maximum absolute atomic E-state index is 6.19. The summed E-state index contributed by atoms with van der Waals surface area (Å²) < 4.78 is 5.06. The van der Waals surface area contributed by atoms with Crippen molar-refractivity contribution in [2.45, 2.75) is 25.8 Å². The van der Waals surface area contributed by atoms with Gasteiger partial charge in [0, 0.05) is 12.6 Å². The molecule has 1 aromatic rings. The molecule has 0 aromatic carbocycles. The Bertz CT molecular complexity index is 415. The number of aromatic nitrogens is 2. The maximum Gasteiger partial charge on any atom is 0.318 e. The molecule has 1 aliphatic heterocycles. The standard InChI is InChI=1S/C12H19ClN4O/c1-8-3-4-9(5-14)7-17(8)11-10(13)6-15-12(16-11)18-2/h6,8-9H,3-5,7,14H2,1-2H3. The third-order valence-corrected chi connectivity index (χ3v) is 3.74. The van der Waals surface area contributed by atoms with Crippen LogP contribution in [0.5, 0.6) is 6.01 Å². The fraction of sp³-hybridized carbons (Fsp3) is 0.667. The predicted molar refractivity (Wildman–Crippen MR) is 72.2 cm³/mol. The number of hydrogen-bond acceptors (Lipinski definition) is 5. The van der Waals surface area contributed by atoms with Crippen LogP contribution in [0.15, 0.2) is 6.20 Å². The molecule has 0 aliphatic carbocycles. The van der Waals surface area contributed by atoms with Crippen molar-refractivity contribution < 1.29 is 4.74 Å². The van der Waals surface area contributed by atoms with Gasteiger partial charge in [-0.05, 0) is 32.2 Å². The van der Waals surface area contributed by atoms with Gasteiger partial charge >= 0.3 is 6.01 Å². The molecule has 0 bridgehead atoms. The Morgan fingerprint density at radius 3 is 3.00 bits per heavy atom. The van der Waals surface area contributed by atoms with Gasteiger partial charge in [-0.2, -0.15) is 4.98 Å². The van der Waals surface area contributed by atoms with Gasteiger partial charge < -0.3 is 15.4 Å². The van der Waals surface area contributed by atoms with E-state index in [1.54, 1.807) is 13.3 Å². The topological polar surface area (TPSA) is 64.3 Å². The number of nitrogens with zero attached hydrogens (tertiary/aromatic N) is 3. The second-order valence-corrected chi connectivity index (χ2v) is 5.12. The van der Waals surface area contributed by atoms with Crippen LogP contribution in [0, 0.1) is 5.92 Å². The summed E-state index contributed by atoms with van der Waals surface area (Å²) in [6.45, 7) is 3.76. The lowest BCUT2D eigenvalue weighted by atomic mass is 9.93. The highest BCUT2D eigenvalue weighted by Crippen LogP contribution is 2.31. The Morgan fingerprint density at radius 2 is 2.33 bits per heavy atom. The van der Waals surface area contributed by atoms with Gasteiger partial charge in [-0.25, -0.2) is 4.98 Å². The smallest absolute Gasteiger partial charge is 0.318 e. The maximum atomic E-state index is 6.19. The number of anilines is 1. The molecule has 2 atom stereocenters. The largest absolute Gasteiger partial charge is 0.467 e. The Morgan fingerprint density at radius 1 is 1.56 bits per heavy atom. The Hall–Kier alpha value is -1.07. The monoisotopic (exact) mass is 270 g/mol. The molecule has 0 radical (unpaired) electrons. The molecule has 1 aromatic heterocycles. The Labute approximate surface area is 112 Å². The van der Waals surface area contributed by atoms with E-state index in [1.807, 2.05) is 0 Å². The van der Waals surface area contributed by atoms with Crippen molar-refractivity contribution in [2.24, 2.45) is 11.7 Å². The van der Waals surface area contributed by atoms with Crippen LogP contribution >= 0.6 is 11.6 Å². The zero-order valence-electron chi connectivity index (χ0n) is 10.8. The molecule has 100 valence electrons. The van der Waals surface area contributed by atoms with Crippen LogP contribution in [-0.2, 0) is 0 Å². The molecule has 0 saturated carbocycles. The summed E-state index contributed by atoms with van der Waals surface area (Å²) in [6, 6.07) is 0.751. The lowest BCUT2D eigenvalue weighted by Gasteiger charge is -2.38. The number of nitrogens with two attached hydrogens (primary N) is 1. The number of methoxy groups -OCH3 is 1. The van der Waals surface area contributed by atoms with Crippen molar-refractivity contribution in [1.29, 1.82) is 0 Å². The third kappa shape index (κ3) is 2.67. The molecule has 1 aliphatic rings. The van der Waals surface area contributed by atoms with Crippen LogP contribution in [0.25, 0.3) is 0 Å². The van der Waals surface area contributed by atoms with Gasteiger partial charge in [0.2, 0.25) is 0 Å². The first-order chi connectivity index (χ1) is 8.65. The average molecular weight is 271 g/mol. The average Bonchev–Trinajstić information content (AvgIpc) is 2.40. The Balaban J connectivity index is 2.27. The van der Waals surface area contributed by atoms with Crippen LogP contribution in [0.2, 0.25) is 5.02 Å². The van der Waals surface area contributed by atoms with Gasteiger partial charge in [0.1, 0.15) is 5.02 Å².